The average Bonchev–Trinajstić information content (AvgIpc) is 2.27. The Kier molecular flexibility index (Phi) is 5.91. The molecule has 18 heavy (non-hydrogen) atoms. The second-order valence-electron chi connectivity index (χ2n) is 5.09. The molecule has 0 aromatic rings. The number of carboxylic acid groups (broad SMARTS) is 1. The Morgan fingerprint density at radius 2 is 2.17 bits per heavy atom. The van der Waals surface area contributed by atoms with Crippen molar-refractivity contribution in [3.8, 4) is 0 Å². The van der Waals surface area contributed by atoms with E-state index in [4.69, 9.17) is 5.11 Å². The molecule has 2 N–H and O–H groups in total. The summed E-state index contributed by atoms with van der Waals surface area (Å²) in [7, 11) is 3.91. The van der Waals surface area contributed by atoms with Crippen LogP contribution < -0.4 is 5.32 Å². The number of hydrogen-bond donors (Lipinski definition) is 2. The summed E-state index contributed by atoms with van der Waals surface area (Å²) in [6.45, 7) is 2.70. The lowest BCUT2D eigenvalue weighted by Crippen LogP contribution is -2.47. The van der Waals surface area contributed by atoms with Gasteiger partial charge in [0.2, 0.25) is 0 Å². The Bertz CT molecular complexity index is 294. The maximum atomic E-state index is 11.9. The maximum absolute atomic E-state index is 11.9. The van der Waals surface area contributed by atoms with Crippen LogP contribution in [0.2, 0.25) is 0 Å². The van der Waals surface area contributed by atoms with Crippen molar-refractivity contribution >= 4 is 12.0 Å². The van der Waals surface area contributed by atoms with Crippen LogP contribution in [-0.4, -0.2) is 67.2 Å². The van der Waals surface area contributed by atoms with Gasteiger partial charge in [0.05, 0.1) is 0 Å². The van der Waals surface area contributed by atoms with Crippen molar-refractivity contribution in [1.82, 2.24) is 15.1 Å². The molecule has 2 amide bonds. The van der Waals surface area contributed by atoms with Crippen molar-refractivity contribution in [2.75, 3.05) is 40.3 Å². The minimum absolute atomic E-state index is 0.0769. The first-order chi connectivity index (χ1) is 8.49. The van der Waals surface area contributed by atoms with Gasteiger partial charge >= 0.3 is 12.0 Å². The molecular formula is C12H23N3O3. The van der Waals surface area contributed by atoms with Gasteiger partial charge in [-0.1, -0.05) is 0 Å². The third kappa shape index (κ3) is 5.35. The Balaban J connectivity index is 2.31. The molecule has 104 valence electrons. The summed E-state index contributed by atoms with van der Waals surface area (Å²) in [6.07, 6.45) is 1.94. The first kappa shape index (κ1) is 14.8. The van der Waals surface area contributed by atoms with Crippen molar-refractivity contribution < 1.29 is 14.7 Å². The van der Waals surface area contributed by atoms with Gasteiger partial charge in [-0.3, -0.25) is 4.79 Å². The number of carboxylic acids is 1. The zero-order valence-electron chi connectivity index (χ0n) is 11.2. The summed E-state index contributed by atoms with van der Waals surface area (Å²) in [6, 6.07) is -0.0769. The first-order valence-electron chi connectivity index (χ1n) is 6.38. The molecule has 1 unspecified atom stereocenters. The van der Waals surface area contributed by atoms with Crippen LogP contribution in [-0.2, 0) is 4.79 Å². The lowest BCUT2D eigenvalue weighted by Gasteiger charge is -2.32. The highest BCUT2D eigenvalue weighted by molar-refractivity contribution is 5.74. The minimum Gasteiger partial charge on any atom is -0.481 e. The lowest BCUT2D eigenvalue weighted by molar-refractivity contribution is -0.138. The number of amides is 2. The number of urea groups is 1. The molecule has 6 nitrogen and oxygen atoms in total. The smallest absolute Gasteiger partial charge is 0.317 e. The van der Waals surface area contributed by atoms with E-state index in [0.29, 0.717) is 13.1 Å². The van der Waals surface area contributed by atoms with E-state index in [2.05, 4.69) is 5.32 Å². The Hall–Kier alpha value is -1.30. The van der Waals surface area contributed by atoms with Gasteiger partial charge in [-0.05, 0) is 32.9 Å². The zero-order chi connectivity index (χ0) is 13.5. The Labute approximate surface area is 108 Å². The molecule has 1 fully saturated rings. The highest BCUT2D eigenvalue weighted by Crippen LogP contribution is 2.19. The summed E-state index contributed by atoms with van der Waals surface area (Å²) in [5.74, 6) is -0.689. The fraction of sp³-hybridized carbons (Fsp3) is 0.833. The van der Waals surface area contributed by atoms with Gasteiger partial charge in [0.1, 0.15) is 0 Å². The molecule has 1 atom stereocenters. The van der Waals surface area contributed by atoms with Crippen molar-refractivity contribution in [2.24, 2.45) is 5.92 Å². The first-order valence-corrected chi connectivity index (χ1v) is 6.38. The highest BCUT2D eigenvalue weighted by Gasteiger charge is 2.24. The van der Waals surface area contributed by atoms with Crippen LogP contribution in [0.25, 0.3) is 0 Å². The number of nitrogens with one attached hydrogen (secondary N) is 1. The molecule has 1 aliphatic rings. The molecule has 1 heterocycles. The number of nitrogens with zero attached hydrogens (tertiary/aromatic N) is 2. The molecule has 0 radical (unpaired) electrons. The van der Waals surface area contributed by atoms with Gasteiger partial charge in [0.25, 0.3) is 0 Å². The van der Waals surface area contributed by atoms with E-state index in [1.54, 1.807) is 4.90 Å². The summed E-state index contributed by atoms with van der Waals surface area (Å²) in [4.78, 5) is 26.3. The van der Waals surface area contributed by atoms with Crippen LogP contribution in [0.15, 0.2) is 0 Å². The highest BCUT2D eigenvalue weighted by atomic mass is 16.4. The van der Waals surface area contributed by atoms with E-state index in [1.807, 2.05) is 19.0 Å². The van der Waals surface area contributed by atoms with Crippen LogP contribution >= 0.6 is 0 Å². The Morgan fingerprint density at radius 3 is 2.78 bits per heavy atom. The number of likely N-dealkylation sites (tertiary alicyclic amines) is 1. The number of carbonyl (C=O) groups excluding carboxylic acids is 1. The number of rotatable bonds is 5. The second kappa shape index (κ2) is 7.20. The van der Waals surface area contributed by atoms with Crippen molar-refractivity contribution in [3.63, 3.8) is 0 Å². The SMILES string of the molecule is CN(C)CCNC(=O)N1CCCC(CC(=O)O)C1. The van der Waals surface area contributed by atoms with Gasteiger partial charge in [-0.15, -0.1) is 0 Å². The van der Waals surface area contributed by atoms with E-state index in [-0.39, 0.29) is 18.4 Å². The van der Waals surface area contributed by atoms with Gasteiger partial charge < -0.3 is 20.2 Å². The molecule has 0 aliphatic carbocycles. The molecule has 0 saturated carbocycles. The topological polar surface area (TPSA) is 72.9 Å². The summed E-state index contributed by atoms with van der Waals surface area (Å²) < 4.78 is 0. The predicted octanol–water partition coefficient (Wildman–Crippen LogP) is 0.444. The summed E-state index contributed by atoms with van der Waals surface area (Å²) in [5.41, 5.74) is 0. The van der Waals surface area contributed by atoms with Crippen molar-refractivity contribution in [1.29, 1.82) is 0 Å². The number of piperidine rings is 1. The van der Waals surface area contributed by atoms with E-state index < -0.39 is 5.97 Å². The van der Waals surface area contributed by atoms with E-state index in [9.17, 15) is 9.59 Å². The van der Waals surface area contributed by atoms with E-state index >= 15 is 0 Å². The van der Waals surface area contributed by atoms with Crippen molar-refractivity contribution in [3.05, 3.63) is 0 Å². The quantitative estimate of drug-likeness (QED) is 0.750. The normalized spacial score (nSPS) is 19.9. The van der Waals surface area contributed by atoms with Gasteiger partial charge in [-0.25, -0.2) is 4.79 Å². The fourth-order valence-electron chi connectivity index (χ4n) is 2.16. The van der Waals surface area contributed by atoms with Crippen LogP contribution in [0.1, 0.15) is 19.3 Å². The summed E-state index contributed by atoms with van der Waals surface area (Å²) in [5, 5.41) is 11.6. The number of carbonyl (C=O) groups is 2. The number of likely N-dealkylation sites (N-methyl/N-ethyl adjacent to an activating group) is 1. The van der Waals surface area contributed by atoms with Gasteiger partial charge in [-0.2, -0.15) is 0 Å². The lowest BCUT2D eigenvalue weighted by atomic mass is 9.95. The largest absolute Gasteiger partial charge is 0.481 e. The molecule has 1 rings (SSSR count). The number of hydrogen-bond acceptors (Lipinski definition) is 3. The minimum atomic E-state index is -0.783. The van der Waals surface area contributed by atoms with Crippen molar-refractivity contribution in [2.45, 2.75) is 19.3 Å². The molecule has 0 spiro atoms. The predicted molar refractivity (Wildman–Crippen MR) is 68.5 cm³/mol. The monoisotopic (exact) mass is 257 g/mol. The average molecular weight is 257 g/mol. The fourth-order valence-corrected chi connectivity index (χ4v) is 2.16. The van der Waals surface area contributed by atoms with Crippen LogP contribution in [0.4, 0.5) is 4.79 Å². The molecule has 0 aromatic carbocycles. The second-order valence-corrected chi connectivity index (χ2v) is 5.09. The molecular weight excluding hydrogens is 234 g/mol. The van der Waals surface area contributed by atoms with Crippen LogP contribution in [0.5, 0.6) is 0 Å². The third-order valence-corrected chi connectivity index (χ3v) is 3.10. The zero-order valence-corrected chi connectivity index (χ0v) is 11.2. The van der Waals surface area contributed by atoms with Gasteiger partial charge in [0.15, 0.2) is 0 Å². The molecule has 1 aliphatic heterocycles. The molecule has 0 aromatic heterocycles. The van der Waals surface area contributed by atoms with E-state index in [1.165, 1.54) is 0 Å². The third-order valence-electron chi connectivity index (χ3n) is 3.10. The van der Waals surface area contributed by atoms with Crippen LogP contribution in [0, 0.1) is 5.92 Å². The maximum Gasteiger partial charge on any atom is 0.317 e. The Morgan fingerprint density at radius 1 is 1.44 bits per heavy atom. The number of aliphatic carboxylic acids is 1. The molecule has 0 bridgehead atoms. The van der Waals surface area contributed by atoms with Crippen LogP contribution in [0.3, 0.4) is 0 Å². The molecule has 1 saturated heterocycles. The standard InChI is InChI=1S/C12H23N3O3/c1-14(2)7-5-13-12(18)15-6-3-4-10(9-15)8-11(16)17/h10H,3-9H2,1-2H3,(H,13,18)(H,16,17). The summed E-state index contributed by atoms with van der Waals surface area (Å²) >= 11 is 0. The molecule has 6 heteroatoms. The van der Waals surface area contributed by atoms with E-state index in [0.717, 1.165) is 25.9 Å². The van der Waals surface area contributed by atoms with Gasteiger partial charge in [0, 0.05) is 32.6 Å².